The Hall–Kier alpha value is -4.98. The van der Waals surface area contributed by atoms with Gasteiger partial charge < -0.3 is 0 Å². The fourth-order valence-electron chi connectivity index (χ4n) is 3.65. The van der Waals surface area contributed by atoms with Crippen LogP contribution in [0.3, 0.4) is 0 Å². The zero-order chi connectivity index (χ0) is 23.7. The highest BCUT2D eigenvalue weighted by atomic mass is 16.2. The standard InChI is InChI=1S/C26H18N4O4/c31-23-21(25(33)29(27-23)19-7-3-1-4-8-19)15-17-11-13-18(14-12-17)16-22-24(32)28-30(26(22)34)20-9-5-2-6-10-20/h1-16H,(H,27,31)(H,28,32). The maximum atomic E-state index is 12.7. The van der Waals surface area contributed by atoms with Crippen LogP contribution in [-0.4, -0.2) is 23.6 Å². The monoisotopic (exact) mass is 450 g/mol. The third-order valence-corrected chi connectivity index (χ3v) is 5.37. The second kappa shape index (κ2) is 8.51. The van der Waals surface area contributed by atoms with Gasteiger partial charge in [-0.05, 0) is 47.5 Å². The Kier molecular flexibility index (Phi) is 5.23. The van der Waals surface area contributed by atoms with Gasteiger partial charge in [-0.15, -0.1) is 0 Å². The normalized spacial score (nSPS) is 18.1. The lowest BCUT2D eigenvalue weighted by molar-refractivity contribution is -0.118. The van der Waals surface area contributed by atoms with Crippen LogP contribution in [-0.2, 0) is 19.2 Å². The van der Waals surface area contributed by atoms with Crippen molar-refractivity contribution in [3.05, 3.63) is 107 Å². The van der Waals surface area contributed by atoms with Crippen molar-refractivity contribution in [1.29, 1.82) is 0 Å². The highest BCUT2D eigenvalue weighted by Crippen LogP contribution is 2.23. The van der Waals surface area contributed by atoms with Crippen molar-refractivity contribution in [3.8, 4) is 0 Å². The van der Waals surface area contributed by atoms with Gasteiger partial charge in [-0.1, -0.05) is 60.7 Å². The predicted molar refractivity (Wildman–Crippen MR) is 127 cm³/mol. The summed E-state index contributed by atoms with van der Waals surface area (Å²) in [5.74, 6) is -1.88. The van der Waals surface area contributed by atoms with Gasteiger partial charge in [0.25, 0.3) is 23.6 Å². The summed E-state index contributed by atoms with van der Waals surface area (Å²) in [5.41, 5.74) is 7.53. The molecule has 0 bridgehead atoms. The van der Waals surface area contributed by atoms with E-state index < -0.39 is 23.6 Å². The first-order valence-electron chi connectivity index (χ1n) is 10.5. The quantitative estimate of drug-likeness (QED) is 0.472. The van der Waals surface area contributed by atoms with Gasteiger partial charge in [0.15, 0.2) is 0 Å². The third-order valence-electron chi connectivity index (χ3n) is 5.37. The minimum atomic E-state index is -0.491. The molecule has 0 spiro atoms. The lowest BCUT2D eigenvalue weighted by Gasteiger charge is -2.13. The number of hydrazine groups is 2. The van der Waals surface area contributed by atoms with E-state index in [0.717, 1.165) is 0 Å². The number of rotatable bonds is 4. The number of carbonyl (C=O) groups is 4. The number of hydrogen-bond acceptors (Lipinski definition) is 4. The van der Waals surface area contributed by atoms with Crippen molar-refractivity contribution in [2.45, 2.75) is 0 Å². The van der Waals surface area contributed by atoms with Gasteiger partial charge in [-0.25, -0.2) is 10.0 Å². The van der Waals surface area contributed by atoms with Gasteiger partial charge in [0, 0.05) is 0 Å². The van der Waals surface area contributed by atoms with Crippen molar-refractivity contribution in [2.24, 2.45) is 0 Å². The molecule has 0 radical (unpaired) electrons. The summed E-state index contributed by atoms with van der Waals surface area (Å²) in [4.78, 5) is 50.1. The van der Waals surface area contributed by atoms with E-state index in [1.165, 1.54) is 22.2 Å². The van der Waals surface area contributed by atoms with Crippen LogP contribution in [0.1, 0.15) is 11.1 Å². The van der Waals surface area contributed by atoms with E-state index in [1.807, 2.05) is 12.1 Å². The summed E-state index contributed by atoms with van der Waals surface area (Å²) in [7, 11) is 0. The van der Waals surface area contributed by atoms with Crippen LogP contribution in [0.15, 0.2) is 96.1 Å². The molecule has 2 aliphatic rings. The molecule has 0 aliphatic carbocycles. The average Bonchev–Trinajstić information content (AvgIpc) is 3.31. The highest BCUT2D eigenvalue weighted by Gasteiger charge is 2.35. The first-order chi connectivity index (χ1) is 16.5. The zero-order valence-electron chi connectivity index (χ0n) is 17.8. The average molecular weight is 450 g/mol. The molecule has 0 saturated carbocycles. The Labute approximate surface area is 194 Å². The molecule has 0 atom stereocenters. The van der Waals surface area contributed by atoms with E-state index in [0.29, 0.717) is 22.5 Å². The van der Waals surface area contributed by atoms with E-state index in [4.69, 9.17) is 0 Å². The summed E-state index contributed by atoms with van der Waals surface area (Å²) in [5, 5.41) is 2.41. The number of hydrogen-bond donors (Lipinski definition) is 2. The first kappa shape index (κ1) is 20.9. The van der Waals surface area contributed by atoms with Gasteiger partial charge >= 0.3 is 0 Å². The number of anilines is 2. The van der Waals surface area contributed by atoms with E-state index in [2.05, 4.69) is 10.9 Å². The molecule has 2 fully saturated rings. The number of nitrogens with one attached hydrogen (secondary N) is 2. The van der Waals surface area contributed by atoms with Gasteiger partial charge in [0.1, 0.15) is 11.1 Å². The van der Waals surface area contributed by atoms with Crippen LogP contribution >= 0.6 is 0 Å². The van der Waals surface area contributed by atoms with Crippen LogP contribution in [0, 0.1) is 0 Å². The maximum Gasteiger partial charge on any atom is 0.282 e. The molecule has 3 aromatic carbocycles. The number of carbonyl (C=O) groups excluding carboxylic acids is 4. The SMILES string of the molecule is O=C1NN(c2ccccc2)C(=O)C1=Cc1ccc(C=C2C(=O)NN(c3ccccc3)C2=O)cc1. The van der Waals surface area contributed by atoms with E-state index in [-0.39, 0.29) is 11.1 Å². The largest absolute Gasteiger partial charge is 0.282 e. The molecule has 3 aromatic rings. The number of benzene rings is 3. The van der Waals surface area contributed by atoms with E-state index in [9.17, 15) is 19.2 Å². The molecule has 166 valence electrons. The van der Waals surface area contributed by atoms with Crippen LogP contribution in [0.2, 0.25) is 0 Å². The molecule has 2 N–H and O–H groups in total. The molecule has 0 aromatic heterocycles. The van der Waals surface area contributed by atoms with Gasteiger partial charge in [0.05, 0.1) is 11.4 Å². The molecule has 4 amide bonds. The van der Waals surface area contributed by atoms with Crippen molar-refractivity contribution in [3.63, 3.8) is 0 Å². The minimum Gasteiger partial charge on any atom is -0.267 e. The Morgan fingerprint density at radius 1 is 0.500 bits per heavy atom. The molecule has 2 heterocycles. The fourth-order valence-corrected chi connectivity index (χ4v) is 3.65. The molecular formula is C26H18N4O4. The molecule has 5 rings (SSSR count). The molecule has 2 saturated heterocycles. The third kappa shape index (κ3) is 3.84. The van der Waals surface area contributed by atoms with Crippen molar-refractivity contribution < 1.29 is 19.2 Å². The predicted octanol–water partition coefficient (Wildman–Crippen LogP) is 2.61. The molecule has 8 nitrogen and oxygen atoms in total. The van der Waals surface area contributed by atoms with E-state index in [1.54, 1.807) is 72.8 Å². The summed E-state index contributed by atoms with van der Waals surface area (Å²) in [6, 6.07) is 24.5. The number of nitrogens with zero attached hydrogens (tertiary/aromatic N) is 2. The van der Waals surface area contributed by atoms with Crippen LogP contribution in [0.5, 0.6) is 0 Å². The molecule has 34 heavy (non-hydrogen) atoms. The van der Waals surface area contributed by atoms with Crippen LogP contribution in [0.4, 0.5) is 11.4 Å². The summed E-state index contributed by atoms with van der Waals surface area (Å²) in [6.07, 6.45) is 3.00. The second-order valence-electron chi connectivity index (χ2n) is 7.62. The smallest absolute Gasteiger partial charge is 0.267 e. The summed E-state index contributed by atoms with van der Waals surface area (Å²) < 4.78 is 0. The minimum absolute atomic E-state index is 0.0128. The van der Waals surface area contributed by atoms with Gasteiger partial charge in [0.2, 0.25) is 0 Å². The maximum absolute atomic E-state index is 12.7. The molecular weight excluding hydrogens is 432 g/mol. The molecule has 8 heteroatoms. The first-order valence-corrected chi connectivity index (χ1v) is 10.5. The highest BCUT2D eigenvalue weighted by molar-refractivity contribution is 6.32. The van der Waals surface area contributed by atoms with Crippen molar-refractivity contribution >= 4 is 47.2 Å². The summed E-state index contributed by atoms with van der Waals surface area (Å²) in [6.45, 7) is 0. The molecule has 2 aliphatic heterocycles. The Morgan fingerprint density at radius 2 is 0.853 bits per heavy atom. The number of amides is 4. The van der Waals surface area contributed by atoms with Crippen molar-refractivity contribution in [1.82, 2.24) is 10.9 Å². The summed E-state index contributed by atoms with van der Waals surface area (Å²) >= 11 is 0. The van der Waals surface area contributed by atoms with Crippen LogP contribution < -0.4 is 20.9 Å². The Balaban J connectivity index is 1.35. The van der Waals surface area contributed by atoms with Crippen LogP contribution in [0.25, 0.3) is 12.2 Å². The molecule has 0 unspecified atom stereocenters. The fraction of sp³-hybridized carbons (Fsp3) is 0. The lowest BCUT2D eigenvalue weighted by Crippen LogP contribution is -2.35. The Bertz CT molecular complexity index is 1260. The second-order valence-corrected chi connectivity index (χ2v) is 7.62. The lowest BCUT2D eigenvalue weighted by atomic mass is 10.1. The van der Waals surface area contributed by atoms with Crippen molar-refractivity contribution in [2.75, 3.05) is 10.0 Å². The van der Waals surface area contributed by atoms with Gasteiger partial charge in [-0.3, -0.25) is 30.0 Å². The zero-order valence-corrected chi connectivity index (χ0v) is 17.8. The number of para-hydroxylation sites is 2. The topological polar surface area (TPSA) is 98.8 Å². The Morgan fingerprint density at radius 3 is 1.21 bits per heavy atom. The van der Waals surface area contributed by atoms with Gasteiger partial charge in [-0.2, -0.15) is 0 Å². The van der Waals surface area contributed by atoms with E-state index >= 15 is 0 Å².